The van der Waals surface area contributed by atoms with Crippen molar-refractivity contribution < 1.29 is 17.9 Å². The molecule has 2 heterocycles. The third kappa shape index (κ3) is 4.82. The van der Waals surface area contributed by atoms with Gasteiger partial charge >= 0.3 is 6.18 Å². The molecule has 0 amide bonds. The summed E-state index contributed by atoms with van der Waals surface area (Å²) in [7, 11) is 0. The molecule has 155 valence electrons. The van der Waals surface area contributed by atoms with Crippen LogP contribution in [-0.2, 0) is 12.7 Å². The van der Waals surface area contributed by atoms with Gasteiger partial charge in [0.05, 0.1) is 5.56 Å². The van der Waals surface area contributed by atoms with Gasteiger partial charge in [-0.25, -0.2) is 0 Å². The molecule has 0 aliphatic carbocycles. The molecule has 8 heteroatoms. The van der Waals surface area contributed by atoms with E-state index in [1.165, 1.54) is 6.07 Å². The Hall–Kier alpha value is -1.47. The number of nitrogens with zero attached hydrogens (tertiary/aromatic N) is 2. The van der Waals surface area contributed by atoms with Gasteiger partial charge in [-0.15, -0.1) is 0 Å². The summed E-state index contributed by atoms with van der Waals surface area (Å²) in [5, 5.41) is 1.31. The summed E-state index contributed by atoms with van der Waals surface area (Å²) < 4.78 is 43.9. The lowest BCUT2D eigenvalue weighted by Crippen LogP contribution is -2.47. The highest BCUT2D eigenvalue weighted by molar-refractivity contribution is 6.35. The average Bonchev–Trinajstić information content (AvgIpc) is 3.24. The minimum Gasteiger partial charge on any atom is -0.492 e. The summed E-state index contributed by atoms with van der Waals surface area (Å²) in [5.74, 6) is 0.197. The topological polar surface area (TPSA) is 15.7 Å². The Kier molecular flexibility index (Phi) is 5.98. The number of benzene rings is 2. The predicted molar refractivity (Wildman–Crippen MR) is 106 cm³/mol. The molecule has 0 saturated carbocycles. The molecular formula is C21H20Cl2F3N2O. The highest BCUT2D eigenvalue weighted by Crippen LogP contribution is 2.34. The minimum absolute atomic E-state index is 0.197. The number of halogens is 5. The van der Waals surface area contributed by atoms with Gasteiger partial charge in [0, 0.05) is 48.3 Å². The first-order chi connectivity index (χ1) is 13.8. The van der Waals surface area contributed by atoms with Crippen LogP contribution >= 0.6 is 23.2 Å². The maximum absolute atomic E-state index is 12.8. The molecule has 0 spiro atoms. The van der Waals surface area contributed by atoms with Crippen LogP contribution in [0.4, 0.5) is 13.2 Å². The van der Waals surface area contributed by atoms with E-state index in [0.717, 1.165) is 43.8 Å². The maximum atomic E-state index is 12.8. The Morgan fingerprint density at radius 3 is 2.52 bits per heavy atom. The van der Waals surface area contributed by atoms with Gasteiger partial charge in [0.25, 0.3) is 0 Å². The molecule has 0 aromatic heterocycles. The fourth-order valence-electron chi connectivity index (χ4n) is 4.15. The van der Waals surface area contributed by atoms with E-state index in [1.54, 1.807) is 6.07 Å². The number of likely N-dealkylation sites (tertiary alicyclic amines) is 2. The second-order valence-corrected chi connectivity index (χ2v) is 8.35. The van der Waals surface area contributed by atoms with Crippen LogP contribution in [0.2, 0.25) is 10.0 Å². The Morgan fingerprint density at radius 2 is 1.83 bits per heavy atom. The Labute approximate surface area is 177 Å². The first-order valence-electron chi connectivity index (χ1n) is 9.43. The standard InChI is InChI=1S/C21H20Cl2F3N2O/c22-16-5-4-14(20(23)9-16)11-28-13-17-10-18(28)12-27(17)6-7-29-19-3-1-2-15(8-19)21(24,25)26/h2-5,8-9,17-18H,6-7,10-13H2/t17?,18-/m0/s1. The van der Waals surface area contributed by atoms with Gasteiger partial charge in [0.15, 0.2) is 0 Å². The van der Waals surface area contributed by atoms with Gasteiger partial charge in [0.1, 0.15) is 12.4 Å². The van der Waals surface area contributed by atoms with Gasteiger partial charge < -0.3 is 4.74 Å². The van der Waals surface area contributed by atoms with Gasteiger partial charge in [-0.3, -0.25) is 9.80 Å². The average molecular weight is 444 g/mol. The molecule has 29 heavy (non-hydrogen) atoms. The third-order valence-corrected chi connectivity index (χ3v) is 6.18. The molecule has 2 aliphatic heterocycles. The van der Waals surface area contributed by atoms with Gasteiger partial charge in [-0.2, -0.15) is 13.2 Å². The van der Waals surface area contributed by atoms with E-state index in [9.17, 15) is 13.2 Å². The fraction of sp³-hybridized carbons (Fsp3) is 0.429. The molecule has 4 rings (SSSR count). The quantitative estimate of drug-likeness (QED) is 0.613. The van der Waals surface area contributed by atoms with Crippen molar-refractivity contribution in [1.82, 2.24) is 9.80 Å². The summed E-state index contributed by atoms with van der Waals surface area (Å²) in [6.07, 6.45) is -3.30. The summed E-state index contributed by atoms with van der Waals surface area (Å²) in [4.78, 5) is 4.78. The van der Waals surface area contributed by atoms with E-state index >= 15 is 0 Å². The molecule has 1 unspecified atom stereocenters. The van der Waals surface area contributed by atoms with Gasteiger partial charge in [0.2, 0.25) is 0 Å². The Morgan fingerprint density at radius 1 is 1.07 bits per heavy atom. The maximum Gasteiger partial charge on any atom is 0.416 e. The third-order valence-electron chi connectivity index (χ3n) is 5.59. The van der Waals surface area contributed by atoms with Crippen LogP contribution in [0.5, 0.6) is 5.75 Å². The molecule has 1 radical (unpaired) electrons. The molecule has 2 bridgehead atoms. The zero-order chi connectivity index (χ0) is 20.6. The molecule has 0 N–H and O–H groups in total. The van der Waals surface area contributed by atoms with Crippen molar-refractivity contribution in [2.75, 3.05) is 26.2 Å². The zero-order valence-corrected chi connectivity index (χ0v) is 17.1. The molecular weight excluding hydrogens is 424 g/mol. The summed E-state index contributed by atoms with van der Waals surface area (Å²) in [5.41, 5.74) is 0.325. The molecule has 2 aromatic rings. The van der Waals surface area contributed by atoms with E-state index in [1.807, 2.05) is 12.1 Å². The van der Waals surface area contributed by atoms with E-state index in [0.29, 0.717) is 35.3 Å². The van der Waals surface area contributed by atoms with Crippen molar-refractivity contribution >= 4 is 23.2 Å². The van der Waals surface area contributed by atoms with Crippen LogP contribution in [0.25, 0.3) is 0 Å². The van der Waals surface area contributed by atoms with Crippen molar-refractivity contribution in [3.63, 3.8) is 0 Å². The van der Waals surface area contributed by atoms with Crippen molar-refractivity contribution in [3.05, 3.63) is 63.6 Å². The number of ether oxygens (including phenoxy) is 1. The number of hydrogen-bond acceptors (Lipinski definition) is 3. The number of hydrogen-bond donors (Lipinski definition) is 0. The highest BCUT2D eigenvalue weighted by Gasteiger charge is 2.42. The number of piperazine rings is 1. The molecule has 2 saturated heterocycles. The lowest BCUT2D eigenvalue weighted by molar-refractivity contribution is -0.137. The van der Waals surface area contributed by atoms with E-state index in [2.05, 4.69) is 15.9 Å². The van der Waals surface area contributed by atoms with Crippen molar-refractivity contribution in [1.29, 1.82) is 0 Å². The highest BCUT2D eigenvalue weighted by atomic mass is 35.5. The molecule has 3 nitrogen and oxygen atoms in total. The minimum atomic E-state index is -4.39. The van der Waals surface area contributed by atoms with Crippen molar-refractivity contribution in [2.45, 2.75) is 31.2 Å². The molecule has 2 aromatic carbocycles. The lowest BCUT2D eigenvalue weighted by atomic mass is 10.2. The largest absolute Gasteiger partial charge is 0.492 e. The van der Waals surface area contributed by atoms with Crippen LogP contribution in [0.1, 0.15) is 17.5 Å². The van der Waals surface area contributed by atoms with E-state index in [4.69, 9.17) is 27.9 Å². The second-order valence-electron chi connectivity index (χ2n) is 7.51. The van der Waals surface area contributed by atoms with E-state index < -0.39 is 11.7 Å². The van der Waals surface area contributed by atoms with Crippen LogP contribution < -0.4 is 4.74 Å². The fourth-order valence-corrected chi connectivity index (χ4v) is 4.61. The lowest BCUT2D eigenvalue weighted by Gasteiger charge is -2.34. The normalized spacial score (nSPS) is 22.4. The van der Waals surface area contributed by atoms with Gasteiger partial charge in [-0.05, 0) is 48.4 Å². The van der Waals surface area contributed by atoms with Crippen LogP contribution in [0.15, 0.2) is 36.4 Å². The summed E-state index contributed by atoms with van der Waals surface area (Å²) in [6, 6.07) is 12.3. The number of fused-ring (bicyclic) bond motifs is 2. The molecule has 2 atom stereocenters. The Balaban J connectivity index is 1.26. The van der Waals surface area contributed by atoms with E-state index in [-0.39, 0.29) is 5.75 Å². The zero-order valence-electron chi connectivity index (χ0n) is 15.6. The first-order valence-corrected chi connectivity index (χ1v) is 10.2. The predicted octanol–water partition coefficient (Wildman–Crippen LogP) is 5.15. The van der Waals surface area contributed by atoms with Crippen molar-refractivity contribution in [3.8, 4) is 5.75 Å². The summed E-state index contributed by atoms with van der Waals surface area (Å²) in [6.45, 7) is 3.70. The molecule has 2 fully saturated rings. The van der Waals surface area contributed by atoms with Crippen LogP contribution in [0.3, 0.4) is 0 Å². The number of alkyl halides is 3. The summed E-state index contributed by atoms with van der Waals surface area (Å²) >= 11 is 12.3. The smallest absolute Gasteiger partial charge is 0.416 e. The van der Waals surface area contributed by atoms with Gasteiger partial charge in [-0.1, -0.05) is 29.3 Å². The molecule has 2 aliphatic rings. The number of rotatable bonds is 6. The van der Waals surface area contributed by atoms with Crippen LogP contribution in [-0.4, -0.2) is 48.1 Å². The monoisotopic (exact) mass is 443 g/mol. The van der Waals surface area contributed by atoms with Crippen LogP contribution in [0, 0.1) is 6.07 Å². The Bertz CT molecular complexity index is 877. The SMILES string of the molecule is FC(F)(F)c1c[c]cc(OCCN2C[C@@H]3CC2CN3Cc2ccc(Cl)cc2Cl)c1. The first kappa shape index (κ1) is 20.8. The van der Waals surface area contributed by atoms with Crippen molar-refractivity contribution in [2.24, 2.45) is 0 Å². The second kappa shape index (κ2) is 8.34.